The number of ether oxygens (including phenoxy) is 1. The van der Waals surface area contributed by atoms with Crippen LogP contribution in [0.25, 0.3) is 0 Å². The molecule has 6 nitrogen and oxygen atoms in total. The predicted octanol–water partition coefficient (Wildman–Crippen LogP) is 0.433. The molecule has 2 aromatic rings. The van der Waals surface area contributed by atoms with Crippen molar-refractivity contribution in [3.8, 4) is 5.75 Å². The van der Waals surface area contributed by atoms with E-state index in [0.717, 1.165) is 11.3 Å². The Hall–Kier alpha value is -2.05. The first-order valence-corrected chi connectivity index (χ1v) is 5.06. The average molecular weight is 231 g/mol. The molecule has 0 spiro atoms. The Morgan fingerprint density at radius 2 is 2.06 bits per heavy atom. The third-order valence-corrected chi connectivity index (χ3v) is 2.39. The van der Waals surface area contributed by atoms with Crippen molar-refractivity contribution in [2.24, 2.45) is 5.84 Å². The molecule has 0 aliphatic rings. The molecule has 2 heterocycles. The van der Waals surface area contributed by atoms with Crippen LogP contribution in [-0.4, -0.2) is 22.1 Å². The van der Waals surface area contributed by atoms with Crippen LogP contribution in [0.2, 0.25) is 0 Å². The summed E-state index contributed by atoms with van der Waals surface area (Å²) >= 11 is 0. The largest absolute Gasteiger partial charge is 0.495 e. The highest BCUT2D eigenvalue weighted by Gasteiger charge is 2.17. The smallest absolute Gasteiger partial charge is 0.142 e. The van der Waals surface area contributed by atoms with E-state index in [4.69, 9.17) is 10.6 Å². The Bertz CT molecular complexity index is 476. The molecular formula is C11H13N5O. The van der Waals surface area contributed by atoms with Gasteiger partial charge < -0.3 is 4.74 Å². The standard InChI is InChI=1S/C11H13N5O/c1-17-10-7-13-3-2-8(10)11(16-12)9-6-14-4-5-15-9/h2-7,11,16H,12H2,1H3. The van der Waals surface area contributed by atoms with Gasteiger partial charge in [-0.15, -0.1) is 0 Å². The lowest BCUT2D eigenvalue weighted by Gasteiger charge is -2.17. The molecule has 3 N–H and O–H groups in total. The van der Waals surface area contributed by atoms with E-state index in [-0.39, 0.29) is 6.04 Å². The van der Waals surface area contributed by atoms with Gasteiger partial charge in [-0.1, -0.05) is 0 Å². The van der Waals surface area contributed by atoms with Crippen molar-refractivity contribution >= 4 is 0 Å². The third-order valence-electron chi connectivity index (χ3n) is 2.39. The quantitative estimate of drug-likeness (QED) is 0.586. The first-order chi connectivity index (χ1) is 8.36. The van der Waals surface area contributed by atoms with Crippen LogP contribution in [0.3, 0.4) is 0 Å². The number of hydrogen-bond acceptors (Lipinski definition) is 6. The average Bonchev–Trinajstić information content (AvgIpc) is 2.41. The summed E-state index contributed by atoms with van der Waals surface area (Å²) in [6.07, 6.45) is 8.20. The van der Waals surface area contributed by atoms with Crippen molar-refractivity contribution in [3.05, 3.63) is 48.3 Å². The van der Waals surface area contributed by atoms with E-state index in [0.29, 0.717) is 5.75 Å². The maximum absolute atomic E-state index is 5.57. The molecule has 88 valence electrons. The normalized spacial score (nSPS) is 12.1. The number of methoxy groups -OCH3 is 1. The van der Waals surface area contributed by atoms with Crippen LogP contribution in [0.5, 0.6) is 5.75 Å². The Balaban J connectivity index is 2.42. The fraction of sp³-hybridized carbons (Fsp3) is 0.182. The van der Waals surface area contributed by atoms with Gasteiger partial charge >= 0.3 is 0 Å². The predicted molar refractivity (Wildman–Crippen MR) is 62.0 cm³/mol. The highest BCUT2D eigenvalue weighted by molar-refractivity contribution is 5.36. The van der Waals surface area contributed by atoms with Gasteiger partial charge in [-0.25, -0.2) is 5.43 Å². The Kier molecular flexibility index (Phi) is 3.59. The maximum Gasteiger partial charge on any atom is 0.142 e. The second kappa shape index (κ2) is 5.33. The number of nitrogens with zero attached hydrogens (tertiary/aromatic N) is 3. The molecule has 0 fully saturated rings. The van der Waals surface area contributed by atoms with E-state index in [9.17, 15) is 0 Å². The van der Waals surface area contributed by atoms with E-state index in [1.54, 1.807) is 38.1 Å². The van der Waals surface area contributed by atoms with Crippen molar-refractivity contribution in [2.75, 3.05) is 7.11 Å². The Morgan fingerprint density at radius 3 is 2.71 bits per heavy atom. The maximum atomic E-state index is 5.57. The Labute approximate surface area is 98.9 Å². The van der Waals surface area contributed by atoms with Gasteiger partial charge in [0.2, 0.25) is 0 Å². The Morgan fingerprint density at radius 1 is 1.24 bits per heavy atom. The zero-order valence-electron chi connectivity index (χ0n) is 9.37. The second-order valence-electron chi connectivity index (χ2n) is 3.35. The van der Waals surface area contributed by atoms with Gasteiger partial charge in [0.1, 0.15) is 5.75 Å². The molecule has 0 amide bonds. The topological polar surface area (TPSA) is 86.0 Å². The van der Waals surface area contributed by atoms with E-state index in [1.807, 2.05) is 6.07 Å². The van der Waals surface area contributed by atoms with Crippen LogP contribution in [0.4, 0.5) is 0 Å². The number of rotatable bonds is 4. The fourth-order valence-corrected chi connectivity index (χ4v) is 1.59. The lowest BCUT2D eigenvalue weighted by Crippen LogP contribution is -2.30. The van der Waals surface area contributed by atoms with Crippen molar-refractivity contribution in [3.63, 3.8) is 0 Å². The number of nitrogens with two attached hydrogens (primary N) is 1. The summed E-state index contributed by atoms with van der Waals surface area (Å²) in [5.74, 6) is 6.22. The highest BCUT2D eigenvalue weighted by atomic mass is 16.5. The molecule has 17 heavy (non-hydrogen) atoms. The minimum absolute atomic E-state index is 0.276. The minimum atomic E-state index is -0.276. The van der Waals surface area contributed by atoms with Gasteiger partial charge in [0, 0.05) is 24.2 Å². The van der Waals surface area contributed by atoms with Crippen LogP contribution >= 0.6 is 0 Å². The van der Waals surface area contributed by atoms with Gasteiger partial charge in [0.25, 0.3) is 0 Å². The third kappa shape index (κ3) is 2.38. The summed E-state index contributed by atoms with van der Waals surface area (Å²) in [7, 11) is 1.59. The summed E-state index contributed by atoms with van der Waals surface area (Å²) in [6.45, 7) is 0. The zero-order valence-corrected chi connectivity index (χ0v) is 9.37. The van der Waals surface area contributed by atoms with Crippen molar-refractivity contribution < 1.29 is 4.74 Å². The summed E-state index contributed by atoms with van der Waals surface area (Å²) in [5, 5.41) is 0. The van der Waals surface area contributed by atoms with E-state index in [1.165, 1.54) is 0 Å². The molecule has 0 radical (unpaired) electrons. The molecule has 2 rings (SSSR count). The van der Waals surface area contributed by atoms with E-state index >= 15 is 0 Å². The summed E-state index contributed by atoms with van der Waals surface area (Å²) in [4.78, 5) is 12.2. The molecule has 1 unspecified atom stereocenters. The number of aromatic nitrogens is 3. The van der Waals surface area contributed by atoms with Crippen molar-refractivity contribution in [2.45, 2.75) is 6.04 Å². The number of hydrazine groups is 1. The van der Waals surface area contributed by atoms with Gasteiger partial charge in [-0.2, -0.15) is 0 Å². The minimum Gasteiger partial charge on any atom is -0.495 e. The van der Waals surface area contributed by atoms with Crippen LogP contribution in [0.1, 0.15) is 17.3 Å². The van der Waals surface area contributed by atoms with Crippen molar-refractivity contribution in [1.82, 2.24) is 20.4 Å². The van der Waals surface area contributed by atoms with Crippen LogP contribution in [0.15, 0.2) is 37.1 Å². The fourth-order valence-electron chi connectivity index (χ4n) is 1.59. The van der Waals surface area contributed by atoms with Crippen LogP contribution in [0, 0.1) is 0 Å². The van der Waals surface area contributed by atoms with Gasteiger partial charge in [-0.3, -0.25) is 20.8 Å². The molecule has 1 atom stereocenters. The van der Waals surface area contributed by atoms with Crippen LogP contribution < -0.4 is 16.0 Å². The molecule has 0 bridgehead atoms. The highest BCUT2D eigenvalue weighted by Crippen LogP contribution is 2.26. The van der Waals surface area contributed by atoms with E-state index < -0.39 is 0 Å². The van der Waals surface area contributed by atoms with E-state index in [2.05, 4.69) is 20.4 Å². The van der Waals surface area contributed by atoms with Gasteiger partial charge in [0.15, 0.2) is 0 Å². The number of hydrogen-bond donors (Lipinski definition) is 2. The second-order valence-corrected chi connectivity index (χ2v) is 3.35. The molecule has 2 aromatic heterocycles. The molecule has 0 aliphatic heterocycles. The lowest BCUT2D eigenvalue weighted by molar-refractivity contribution is 0.401. The van der Waals surface area contributed by atoms with Crippen molar-refractivity contribution in [1.29, 1.82) is 0 Å². The first kappa shape index (κ1) is 11.4. The number of pyridine rings is 1. The zero-order chi connectivity index (χ0) is 12.1. The summed E-state index contributed by atoms with van der Waals surface area (Å²) in [5.41, 5.74) is 4.29. The van der Waals surface area contributed by atoms with Gasteiger partial charge in [-0.05, 0) is 6.07 Å². The lowest BCUT2D eigenvalue weighted by atomic mass is 10.1. The molecule has 0 saturated heterocycles. The first-order valence-electron chi connectivity index (χ1n) is 5.06. The monoisotopic (exact) mass is 231 g/mol. The SMILES string of the molecule is COc1cnccc1C(NN)c1cnccn1. The van der Waals surface area contributed by atoms with Gasteiger partial charge in [0.05, 0.1) is 31.2 Å². The summed E-state index contributed by atoms with van der Waals surface area (Å²) < 4.78 is 5.24. The number of nitrogens with one attached hydrogen (secondary N) is 1. The summed E-state index contributed by atoms with van der Waals surface area (Å²) in [6, 6.07) is 1.56. The molecule has 6 heteroatoms. The molecule has 0 aromatic carbocycles. The molecule has 0 aliphatic carbocycles. The van der Waals surface area contributed by atoms with Crippen LogP contribution in [-0.2, 0) is 0 Å². The molecule has 0 saturated carbocycles. The molecular weight excluding hydrogens is 218 g/mol.